The van der Waals surface area contributed by atoms with E-state index in [1.807, 2.05) is 35.9 Å². The van der Waals surface area contributed by atoms with Crippen LogP contribution in [-0.2, 0) is 7.05 Å². The maximum Gasteiger partial charge on any atom is 0.140 e. The van der Waals surface area contributed by atoms with Gasteiger partial charge < -0.3 is 10.3 Å². The standard InChI is InChI=1S/C14H11Cl2N3/c1-19-12-5-3-2-4-11(12)18-14(19)8-6-9(15)13(17)10(16)7-8/h2-7H,17H2,1H3. The molecule has 0 saturated carbocycles. The molecule has 3 nitrogen and oxygen atoms in total. The number of hydrogen-bond donors (Lipinski definition) is 1. The quantitative estimate of drug-likeness (QED) is 0.685. The van der Waals surface area contributed by atoms with E-state index in [4.69, 9.17) is 28.9 Å². The minimum atomic E-state index is 0.394. The molecule has 5 heteroatoms. The maximum atomic E-state index is 6.07. The summed E-state index contributed by atoms with van der Waals surface area (Å²) in [5.74, 6) is 0.810. The largest absolute Gasteiger partial charge is 0.396 e. The first-order chi connectivity index (χ1) is 9.08. The predicted octanol–water partition coefficient (Wildman–Crippen LogP) is 4.13. The zero-order valence-corrected chi connectivity index (χ0v) is 11.7. The Hall–Kier alpha value is -1.71. The fourth-order valence-electron chi connectivity index (χ4n) is 2.12. The van der Waals surface area contributed by atoms with Crippen molar-refractivity contribution in [3.63, 3.8) is 0 Å². The molecule has 0 amide bonds. The van der Waals surface area contributed by atoms with Gasteiger partial charge in [0, 0.05) is 12.6 Å². The lowest BCUT2D eigenvalue weighted by molar-refractivity contribution is 0.959. The van der Waals surface area contributed by atoms with Crippen LogP contribution in [0.2, 0.25) is 10.0 Å². The second kappa shape index (κ2) is 4.44. The lowest BCUT2D eigenvalue weighted by atomic mass is 10.2. The van der Waals surface area contributed by atoms with Gasteiger partial charge in [0.1, 0.15) is 5.82 Å². The van der Waals surface area contributed by atoms with Crippen LogP contribution in [0, 0.1) is 0 Å². The first kappa shape index (κ1) is 12.3. The Kier molecular flexibility index (Phi) is 2.88. The van der Waals surface area contributed by atoms with Crippen molar-refractivity contribution >= 4 is 39.9 Å². The third-order valence-corrected chi connectivity index (χ3v) is 3.75. The van der Waals surface area contributed by atoms with Gasteiger partial charge in [-0.1, -0.05) is 35.3 Å². The van der Waals surface area contributed by atoms with Gasteiger partial charge in [-0.15, -0.1) is 0 Å². The molecular formula is C14H11Cl2N3. The summed E-state index contributed by atoms with van der Waals surface area (Å²) in [6.45, 7) is 0. The summed E-state index contributed by atoms with van der Waals surface area (Å²) in [4.78, 5) is 4.60. The van der Waals surface area contributed by atoms with Crippen LogP contribution in [0.4, 0.5) is 5.69 Å². The Morgan fingerprint density at radius 3 is 2.37 bits per heavy atom. The number of rotatable bonds is 1. The first-order valence-electron chi connectivity index (χ1n) is 5.74. The lowest BCUT2D eigenvalue weighted by Gasteiger charge is -2.06. The van der Waals surface area contributed by atoms with Crippen molar-refractivity contribution in [2.75, 3.05) is 5.73 Å². The maximum absolute atomic E-state index is 6.07. The molecule has 0 bridgehead atoms. The van der Waals surface area contributed by atoms with Crippen molar-refractivity contribution in [1.82, 2.24) is 9.55 Å². The van der Waals surface area contributed by atoms with E-state index in [1.54, 1.807) is 12.1 Å². The van der Waals surface area contributed by atoms with Gasteiger partial charge in [0.05, 0.1) is 26.8 Å². The van der Waals surface area contributed by atoms with Gasteiger partial charge in [0.25, 0.3) is 0 Å². The fraction of sp³-hybridized carbons (Fsp3) is 0.0714. The number of anilines is 1. The van der Waals surface area contributed by atoms with Crippen LogP contribution < -0.4 is 5.73 Å². The highest BCUT2D eigenvalue weighted by Gasteiger charge is 2.12. The molecule has 0 spiro atoms. The highest BCUT2D eigenvalue weighted by molar-refractivity contribution is 6.39. The molecule has 96 valence electrons. The second-order valence-corrected chi connectivity index (χ2v) is 5.15. The van der Waals surface area contributed by atoms with E-state index >= 15 is 0 Å². The number of halogens is 2. The monoisotopic (exact) mass is 291 g/mol. The zero-order chi connectivity index (χ0) is 13.6. The van der Waals surface area contributed by atoms with Crippen LogP contribution >= 0.6 is 23.2 Å². The Balaban J connectivity index is 2.27. The highest BCUT2D eigenvalue weighted by Crippen LogP contribution is 2.33. The van der Waals surface area contributed by atoms with Crippen molar-refractivity contribution in [2.45, 2.75) is 0 Å². The zero-order valence-electron chi connectivity index (χ0n) is 10.2. The number of aryl methyl sites for hydroxylation is 1. The molecule has 0 saturated heterocycles. The topological polar surface area (TPSA) is 43.8 Å². The molecule has 0 aliphatic carbocycles. The third-order valence-electron chi connectivity index (χ3n) is 3.12. The van der Waals surface area contributed by atoms with E-state index in [0.717, 1.165) is 22.4 Å². The van der Waals surface area contributed by atoms with Crippen molar-refractivity contribution < 1.29 is 0 Å². The molecule has 0 aliphatic heterocycles. The van der Waals surface area contributed by atoms with E-state index in [2.05, 4.69) is 4.98 Å². The minimum Gasteiger partial charge on any atom is -0.396 e. The molecule has 0 aliphatic rings. The van der Waals surface area contributed by atoms with Gasteiger partial charge in [0.2, 0.25) is 0 Å². The lowest BCUT2D eigenvalue weighted by Crippen LogP contribution is -1.94. The van der Waals surface area contributed by atoms with E-state index in [9.17, 15) is 0 Å². The summed E-state index contributed by atoms with van der Waals surface area (Å²) >= 11 is 12.1. The molecule has 1 heterocycles. The second-order valence-electron chi connectivity index (χ2n) is 4.34. The van der Waals surface area contributed by atoms with Gasteiger partial charge in [-0.05, 0) is 24.3 Å². The van der Waals surface area contributed by atoms with Crippen molar-refractivity contribution in [3.8, 4) is 11.4 Å². The third kappa shape index (κ3) is 1.95. The van der Waals surface area contributed by atoms with Crippen molar-refractivity contribution in [1.29, 1.82) is 0 Å². The Bertz CT molecular complexity index is 754. The van der Waals surface area contributed by atoms with Crippen LogP contribution in [0.3, 0.4) is 0 Å². The van der Waals surface area contributed by atoms with E-state index in [1.165, 1.54) is 0 Å². The number of benzene rings is 2. The molecule has 1 aromatic heterocycles. The smallest absolute Gasteiger partial charge is 0.140 e. The van der Waals surface area contributed by atoms with Crippen LogP contribution in [-0.4, -0.2) is 9.55 Å². The number of aromatic nitrogens is 2. The molecular weight excluding hydrogens is 281 g/mol. The predicted molar refractivity (Wildman–Crippen MR) is 80.6 cm³/mol. The Morgan fingerprint density at radius 2 is 1.74 bits per heavy atom. The SMILES string of the molecule is Cn1c(-c2cc(Cl)c(N)c(Cl)c2)nc2ccccc21. The van der Waals surface area contributed by atoms with Crippen molar-refractivity contribution in [2.24, 2.45) is 7.05 Å². The molecule has 0 atom stereocenters. The molecule has 2 aromatic carbocycles. The summed E-state index contributed by atoms with van der Waals surface area (Å²) in [6, 6.07) is 11.5. The van der Waals surface area contributed by atoms with Gasteiger partial charge in [0.15, 0.2) is 0 Å². The van der Waals surface area contributed by atoms with Crippen LogP contribution in [0.25, 0.3) is 22.4 Å². The number of nitrogens with two attached hydrogens (primary N) is 1. The average molecular weight is 292 g/mol. The highest BCUT2D eigenvalue weighted by atomic mass is 35.5. The molecule has 3 aromatic rings. The van der Waals surface area contributed by atoms with Crippen LogP contribution in [0.1, 0.15) is 0 Å². The number of nitrogens with zero attached hydrogens (tertiary/aromatic N) is 2. The summed E-state index contributed by atoms with van der Waals surface area (Å²) in [5, 5.41) is 0.879. The molecule has 19 heavy (non-hydrogen) atoms. The number of para-hydroxylation sites is 2. The van der Waals surface area contributed by atoms with Crippen LogP contribution in [0.5, 0.6) is 0 Å². The summed E-state index contributed by atoms with van der Waals surface area (Å²) < 4.78 is 2.01. The normalized spacial score (nSPS) is 11.1. The molecule has 0 unspecified atom stereocenters. The van der Waals surface area contributed by atoms with E-state index in [0.29, 0.717) is 15.7 Å². The Labute approximate surface area is 120 Å². The Morgan fingerprint density at radius 1 is 1.11 bits per heavy atom. The van der Waals surface area contributed by atoms with Gasteiger partial charge in [-0.25, -0.2) is 4.98 Å². The van der Waals surface area contributed by atoms with Crippen molar-refractivity contribution in [3.05, 3.63) is 46.4 Å². The molecule has 0 fully saturated rings. The van der Waals surface area contributed by atoms with Gasteiger partial charge in [-0.2, -0.15) is 0 Å². The molecule has 0 radical (unpaired) electrons. The number of fused-ring (bicyclic) bond motifs is 1. The summed E-state index contributed by atoms with van der Waals surface area (Å²) in [6.07, 6.45) is 0. The minimum absolute atomic E-state index is 0.394. The summed E-state index contributed by atoms with van der Waals surface area (Å²) in [5.41, 5.74) is 8.99. The first-order valence-corrected chi connectivity index (χ1v) is 6.50. The van der Waals surface area contributed by atoms with Crippen LogP contribution in [0.15, 0.2) is 36.4 Å². The molecule has 3 rings (SSSR count). The fourth-order valence-corrected chi connectivity index (χ4v) is 2.60. The number of hydrogen-bond acceptors (Lipinski definition) is 2. The average Bonchev–Trinajstić information content (AvgIpc) is 2.73. The van der Waals surface area contributed by atoms with Gasteiger partial charge >= 0.3 is 0 Å². The molecule has 2 N–H and O–H groups in total. The number of imidazole rings is 1. The summed E-state index contributed by atoms with van der Waals surface area (Å²) in [7, 11) is 1.96. The van der Waals surface area contributed by atoms with Gasteiger partial charge in [-0.3, -0.25) is 0 Å². The number of nitrogen functional groups attached to an aromatic ring is 1. The van der Waals surface area contributed by atoms with E-state index < -0.39 is 0 Å². The van der Waals surface area contributed by atoms with E-state index in [-0.39, 0.29) is 0 Å².